The van der Waals surface area contributed by atoms with Crippen LogP contribution < -0.4 is 4.90 Å². The molecule has 7 heteroatoms. The molecule has 3 heterocycles. The van der Waals surface area contributed by atoms with Crippen LogP contribution in [-0.4, -0.2) is 33.8 Å². The predicted molar refractivity (Wildman–Crippen MR) is 98.5 cm³/mol. The SMILES string of the molecule is CN(C)c1cnc2nc(-c3cc(F)c4nn(C)cc4c3)cc(Cl)c2c1. The third kappa shape index (κ3) is 2.68. The molecule has 0 saturated carbocycles. The third-order valence-corrected chi connectivity index (χ3v) is 4.40. The van der Waals surface area contributed by atoms with Gasteiger partial charge in [-0.1, -0.05) is 11.6 Å². The summed E-state index contributed by atoms with van der Waals surface area (Å²) in [5, 5.41) is 6.13. The summed E-state index contributed by atoms with van der Waals surface area (Å²) in [6.45, 7) is 0. The highest BCUT2D eigenvalue weighted by molar-refractivity contribution is 6.35. The minimum atomic E-state index is -0.387. The fourth-order valence-corrected chi connectivity index (χ4v) is 3.05. The molecule has 0 spiro atoms. The maximum Gasteiger partial charge on any atom is 0.161 e. The van der Waals surface area contributed by atoms with Crippen LogP contribution in [-0.2, 0) is 7.05 Å². The summed E-state index contributed by atoms with van der Waals surface area (Å²) in [5.41, 5.74) is 3.02. The molecule has 0 aliphatic heterocycles. The number of aromatic nitrogens is 4. The molecule has 126 valence electrons. The highest BCUT2D eigenvalue weighted by atomic mass is 35.5. The Labute approximate surface area is 148 Å². The predicted octanol–water partition coefficient (Wildman–Crippen LogP) is 4.04. The second-order valence-electron chi connectivity index (χ2n) is 6.15. The molecule has 5 nitrogen and oxygen atoms in total. The normalized spacial score (nSPS) is 11.4. The first-order chi connectivity index (χ1) is 11.9. The zero-order valence-electron chi connectivity index (χ0n) is 14.0. The molecule has 4 aromatic rings. The number of aryl methyl sites for hydroxylation is 1. The minimum Gasteiger partial charge on any atom is -0.376 e. The first-order valence-electron chi connectivity index (χ1n) is 7.69. The lowest BCUT2D eigenvalue weighted by atomic mass is 10.1. The highest BCUT2D eigenvalue weighted by Crippen LogP contribution is 2.31. The van der Waals surface area contributed by atoms with E-state index in [1.807, 2.05) is 31.1 Å². The van der Waals surface area contributed by atoms with Gasteiger partial charge in [0.25, 0.3) is 0 Å². The van der Waals surface area contributed by atoms with Crippen LogP contribution in [0.2, 0.25) is 5.02 Å². The van der Waals surface area contributed by atoms with Gasteiger partial charge in [-0.3, -0.25) is 4.68 Å². The summed E-state index contributed by atoms with van der Waals surface area (Å²) >= 11 is 6.44. The van der Waals surface area contributed by atoms with Crippen LogP contribution in [0.4, 0.5) is 10.1 Å². The second-order valence-corrected chi connectivity index (χ2v) is 6.55. The van der Waals surface area contributed by atoms with Crippen LogP contribution in [0.1, 0.15) is 0 Å². The number of benzene rings is 1. The second kappa shape index (κ2) is 5.67. The van der Waals surface area contributed by atoms with E-state index in [2.05, 4.69) is 15.1 Å². The monoisotopic (exact) mass is 355 g/mol. The Morgan fingerprint density at radius 1 is 1.16 bits per heavy atom. The number of rotatable bonds is 2. The molecule has 4 rings (SSSR count). The highest BCUT2D eigenvalue weighted by Gasteiger charge is 2.13. The van der Waals surface area contributed by atoms with Crippen molar-refractivity contribution in [2.45, 2.75) is 0 Å². The van der Waals surface area contributed by atoms with Crippen molar-refractivity contribution in [3.63, 3.8) is 0 Å². The Bertz CT molecular complexity index is 1120. The van der Waals surface area contributed by atoms with E-state index in [1.54, 1.807) is 30.2 Å². The number of halogens is 2. The Kier molecular flexibility index (Phi) is 3.58. The third-order valence-electron chi connectivity index (χ3n) is 4.09. The molecule has 0 bridgehead atoms. The number of pyridine rings is 2. The van der Waals surface area contributed by atoms with Crippen LogP contribution in [0.5, 0.6) is 0 Å². The van der Waals surface area contributed by atoms with Gasteiger partial charge in [0.2, 0.25) is 0 Å². The van der Waals surface area contributed by atoms with E-state index >= 15 is 0 Å². The van der Waals surface area contributed by atoms with Gasteiger partial charge in [0.05, 0.1) is 22.6 Å². The topological polar surface area (TPSA) is 46.8 Å². The lowest BCUT2D eigenvalue weighted by Gasteiger charge is -2.13. The van der Waals surface area contributed by atoms with Crippen LogP contribution in [0.3, 0.4) is 0 Å². The summed E-state index contributed by atoms with van der Waals surface area (Å²) < 4.78 is 15.9. The van der Waals surface area contributed by atoms with Crippen LogP contribution in [0.25, 0.3) is 33.2 Å². The maximum absolute atomic E-state index is 14.3. The minimum absolute atomic E-state index is 0.340. The van der Waals surface area contributed by atoms with Crippen molar-refractivity contribution < 1.29 is 4.39 Å². The van der Waals surface area contributed by atoms with Gasteiger partial charge in [-0.15, -0.1) is 0 Å². The van der Waals surface area contributed by atoms with E-state index < -0.39 is 0 Å². The molecule has 0 N–H and O–H groups in total. The fraction of sp³-hybridized carbons (Fsp3) is 0.167. The zero-order chi connectivity index (χ0) is 17.7. The van der Waals surface area contributed by atoms with E-state index in [4.69, 9.17) is 11.6 Å². The molecule has 0 aliphatic rings. The lowest BCUT2D eigenvalue weighted by Crippen LogP contribution is -2.08. The van der Waals surface area contributed by atoms with Crippen molar-refractivity contribution in [1.29, 1.82) is 0 Å². The van der Waals surface area contributed by atoms with E-state index in [-0.39, 0.29) is 5.82 Å². The molecule has 0 radical (unpaired) electrons. The van der Waals surface area contributed by atoms with Crippen molar-refractivity contribution in [2.75, 3.05) is 19.0 Å². The average Bonchev–Trinajstić information content (AvgIpc) is 2.95. The summed E-state index contributed by atoms with van der Waals surface area (Å²) in [6.07, 6.45) is 3.51. The van der Waals surface area contributed by atoms with Crippen molar-refractivity contribution in [2.24, 2.45) is 7.05 Å². The van der Waals surface area contributed by atoms with Crippen molar-refractivity contribution >= 4 is 39.2 Å². The Hall–Kier alpha value is -2.73. The van der Waals surface area contributed by atoms with Crippen LogP contribution >= 0.6 is 11.6 Å². The number of hydrogen-bond acceptors (Lipinski definition) is 4. The van der Waals surface area contributed by atoms with Gasteiger partial charge >= 0.3 is 0 Å². The summed E-state index contributed by atoms with van der Waals surface area (Å²) in [7, 11) is 5.63. The van der Waals surface area contributed by atoms with Gasteiger partial charge in [-0.05, 0) is 24.3 Å². The number of anilines is 1. The molecule has 3 aromatic heterocycles. The summed E-state index contributed by atoms with van der Waals surface area (Å²) in [6, 6.07) is 6.95. The lowest BCUT2D eigenvalue weighted by molar-refractivity contribution is 0.633. The number of fused-ring (bicyclic) bond motifs is 2. The van der Waals surface area contributed by atoms with Crippen molar-refractivity contribution in [3.05, 3.63) is 47.5 Å². The standard InChI is InChI=1S/C18H15ClFN5/c1-24(2)12-6-13-14(19)7-16(22-18(13)21-8-12)10-4-11-9-25(3)23-17(11)15(20)5-10/h4-9H,1-3H3. The molecule has 0 atom stereocenters. The molecule has 1 aromatic carbocycles. The fourth-order valence-electron chi connectivity index (χ4n) is 2.81. The number of nitrogens with zero attached hydrogens (tertiary/aromatic N) is 5. The molecule has 0 amide bonds. The van der Waals surface area contributed by atoms with Gasteiger partial charge < -0.3 is 4.90 Å². The van der Waals surface area contributed by atoms with E-state index in [9.17, 15) is 4.39 Å². The number of hydrogen-bond donors (Lipinski definition) is 0. The molecule has 0 unspecified atom stereocenters. The maximum atomic E-state index is 14.3. The first-order valence-corrected chi connectivity index (χ1v) is 8.07. The van der Waals surface area contributed by atoms with Gasteiger partial charge in [-0.25, -0.2) is 14.4 Å². The van der Waals surface area contributed by atoms with Crippen LogP contribution in [0.15, 0.2) is 36.7 Å². The van der Waals surface area contributed by atoms with Crippen molar-refractivity contribution in [1.82, 2.24) is 19.7 Å². The van der Waals surface area contributed by atoms with E-state index in [1.165, 1.54) is 6.07 Å². The van der Waals surface area contributed by atoms with E-state index in [0.717, 1.165) is 11.1 Å². The van der Waals surface area contributed by atoms with Gasteiger partial charge in [0, 0.05) is 43.7 Å². The average molecular weight is 356 g/mol. The molecule has 0 saturated heterocycles. The van der Waals surface area contributed by atoms with Gasteiger partial charge in [0.1, 0.15) is 5.52 Å². The smallest absolute Gasteiger partial charge is 0.161 e. The summed E-state index contributed by atoms with van der Waals surface area (Å²) in [4.78, 5) is 10.9. The summed E-state index contributed by atoms with van der Waals surface area (Å²) in [5.74, 6) is -0.387. The Morgan fingerprint density at radius 2 is 1.96 bits per heavy atom. The van der Waals surface area contributed by atoms with Gasteiger partial charge in [-0.2, -0.15) is 5.10 Å². The zero-order valence-corrected chi connectivity index (χ0v) is 14.7. The molecule has 0 fully saturated rings. The Balaban J connectivity index is 1.91. The molecule has 25 heavy (non-hydrogen) atoms. The Morgan fingerprint density at radius 3 is 2.72 bits per heavy atom. The molecular formula is C18H15ClFN5. The molecule has 0 aliphatic carbocycles. The van der Waals surface area contributed by atoms with Gasteiger partial charge in [0.15, 0.2) is 11.5 Å². The molecular weight excluding hydrogens is 341 g/mol. The first kappa shape index (κ1) is 15.8. The van der Waals surface area contributed by atoms with E-state index in [0.29, 0.717) is 32.8 Å². The van der Waals surface area contributed by atoms with Crippen LogP contribution in [0, 0.1) is 5.82 Å². The quantitative estimate of drug-likeness (QED) is 0.544. The van der Waals surface area contributed by atoms with Crippen molar-refractivity contribution in [3.8, 4) is 11.3 Å². The largest absolute Gasteiger partial charge is 0.376 e.